The molecule has 0 saturated carbocycles. The molecule has 1 rings (SSSR count). The predicted octanol–water partition coefficient (Wildman–Crippen LogP) is 0.0119. The molecule has 2 atom stereocenters. The lowest BCUT2D eigenvalue weighted by Crippen LogP contribution is -2.49. The van der Waals surface area contributed by atoms with Gasteiger partial charge in [0, 0.05) is 6.04 Å². The average Bonchev–Trinajstić information content (AvgIpc) is 2.52. The van der Waals surface area contributed by atoms with Gasteiger partial charge in [-0.05, 0) is 26.2 Å². The topological polar surface area (TPSA) is 92.5 Å². The minimum atomic E-state index is -0.763. The number of carbonyl (C=O) groups is 3. The van der Waals surface area contributed by atoms with Crippen molar-refractivity contribution in [3.63, 3.8) is 0 Å². The third-order valence-electron chi connectivity index (χ3n) is 3.08. The second-order valence-corrected chi connectivity index (χ2v) is 5.70. The van der Waals surface area contributed by atoms with E-state index >= 15 is 0 Å². The van der Waals surface area contributed by atoms with Gasteiger partial charge in [-0.2, -0.15) is 0 Å². The standard InChI is InChI=1S/C13H23N3O3/c1-7(2)5-9(14)12(18)15-10-6-11(17)16(8(3)4)13(10)19/h7-10H,5-6,14H2,1-4H3,(H,15,18)/t9-,10?/m0/s1. The number of amides is 3. The van der Waals surface area contributed by atoms with Crippen molar-refractivity contribution in [1.82, 2.24) is 10.2 Å². The minimum Gasteiger partial charge on any atom is -0.342 e. The van der Waals surface area contributed by atoms with Crippen LogP contribution in [0.2, 0.25) is 0 Å². The zero-order chi connectivity index (χ0) is 14.7. The van der Waals surface area contributed by atoms with E-state index in [2.05, 4.69) is 5.32 Å². The Kier molecular flexibility index (Phi) is 5.05. The summed E-state index contributed by atoms with van der Waals surface area (Å²) in [6, 6.07) is -1.59. The van der Waals surface area contributed by atoms with E-state index in [9.17, 15) is 14.4 Å². The molecule has 0 spiro atoms. The van der Waals surface area contributed by atoms with Gasteiger partial charge >= 0.3 is 0 Å². The summed E-state index contributed by atoms with van der Waals surface area (Å²) in [5.74, 6) is -0.660. The summed E-state index contributed by atoms with van der Waals surface area (Å²) >= 11 is 0. The number of carbonyl (C=O) groups excluding carboxylic acids is 3. The van der Waals surface area contributed by atoms with Crippen molar-refractivity contribution in [1.29, 1.82) is 0 Å². The number of rotatable bonds is 5. The van der Waals surface area contributed by atoms with Crippen LogP contribution in [0, 0.1) is 5.92 Å². The quantitative estimate of drug-likeness (QED) is 0.688. The summed E-state index contributed by atoms with van der Waals surface area (Å²) in [6.07, 6.45) is 0.575. The molecular weight excluding hydrogens is 246 g/mol. The summed E-state index contributed by atoms with van der Waals surface area (Å²) in [5, 5.41) is 2.57. The van der Waals surface area contributed by atoms with Crippen molar-refractivity contribution in [2.45, 2.75) is 58.7 Å². The van der Waals surface area contributed by atoms with E-state index in [1.54, 1.807) is 13.8 Å². The molecule has 108 valence electrons. The summed E-state index contributed by atoms with van der Waals surface area (Å²) in [7, 11) is 0. The van der Waals surface area contributed by atoms with Crippen LogP contribution >= 0.6 is 0 Å². The maximum absolute atomic E-state index is 12.0. The van der Waals surface area contributed by atoms with Crippen LogP contribution in [-0.4, -0.2) is 40.7 Å². The smallest absolute Gasteiger partial charge is 0.252 e. The molecule has 1 saturated heterocycles. The van der Waals surface area contributed by atoms with Crippen LogP contribution < -0.4 is 11.1 Å². The molecule has 0 radical (unpaired) electrons. The van der Waals surface area contributed by atoms with E-state index in [1.165, 1.54) is 4.90 Å². The predicted molar refractivity (Wildman–Crippen MR) is 71.0 cm³/mol. The first kappa shape index (κ1) is 15.6. The molecule has 0 aliphatic carbocycles. The van der Waals surface area contributed by atoms with E-state index < -0.39 is 12.1 Å². The Labute approximate surface area is 113 Å². The van der Waals surface area contributed by atoms with Gasteiger partial charge < -0.3 is 11.1 Å². The normalized spacial score (nSPS) is 21.4. The summed E-state index contributed by atoms with van der Waals surface area (Å²) in [5.41, 5.74) is 5.75. The largest absolute Gasteiger partial charge is 0.342 e. The highest BCUT2D eigenvalue weighted by Gasteiger charge is 2.41. The Morgan fingerprint density at radius 2 is 1.95 bits per heavy atom. The molecular formula is C13H23N3O3. The third-order valence-corrected chi connectivity index (χ3v) is 3.08. The van der Waals surface area contributed by atoms with Gasteiger partial charge in [0.05, 0.1) is 12.5 Å². The first-order valence-corrected chi connectivity index (χ1v) is 6.65. The van der Waals surface area contributed by atoms with E-state index in [0.717, 1.165) is 0 Å². The maximum Gasteiger partial charge on any atom is 0.252 e. The molecule has 19 heavy (non-hydrogen) atoms. The monoisotopic (exact) mass is 269 g/mol. The summed E-state index contributed by atoms with van der Waals surface area (Å²) < 4.78 is 0. The van der Waals surface area contributed by atoms with Crippen LogP contribution in [0.15, 0.2) is 0 Å². The Hall–Kier alpha value is -1.43. The fraction of sp³-hybridized carbons (Fsp3) is 0.769. The molecule has 1 fully saturated rings. The second kappa shape index (κ2) is 6.14. The van der Waals surface area contributed by atoms with Crippen molar-refractivity contribution in [3.05, 3.63) is 0 Å². The third kappa shape index (κ3) is 3.76. The molecule has 3 N–H and O–H groups in total. The van der Waals surface area contributed by atoms with Crippen LogP contribution in [0.4, 0.5) is 0 Å². The number of nitrogens with one attached hydrogen (secondary N) is 1. The molecule has 0 bridgehead atoms. The lowest BCUT2D eigenvalue weighted by Gasteiger charge is -2.20. The van der Waals surface area contributed by atoms with Crippen molar-refractivity contribution >= 4 is 17.7 Å². The van der Waals surface area contributed by atoms with E-state index in [4.69, 9.17) is 5.73 Å². The van der Waals surface area contributed by atoms with Crippen LogP contribution in [0.3, 0.4) is 0 Å². The molecule has 1 aliphatic rings. The Morgan fingerprint density at radius 3 is 2.37 bits per heavy atom. The number of nitrogens with zero attached hydrogens (tertiary/aromatic N) is 1. The van der Waals surface area contributed by atoms with Gasteiger partial charge in [0.15, 0.2) is 0 Å². The van der Waals surface area contributed by atoms with Crippen LogP contribution in [0.5, 0.6) is 0 Å². The molecule has 0 aromatic heterocycles. The van der Waals surface area contributed by atoms with Gasteiger partial charge in [0.2, 0.25) is 11.8 Å². The number of hydrogen-bond donors (Lipinski definition) is 2. The summed E-state index contributed by atoms with van der Waals surface area (Å²) in [6.45, 7) is 7.48. The van der Waals surface area contributed by atoms with E-state index in [-0.39, 0.29) is 30.2 Å². The van der Waals surface area contributed by atoms with Gasteiger partial charge in [-0.3, -0.25) is 19.3 Å². The number of likely N-dealkylation sites (tertiary alicyclic amines) is 1. The van der Waals surface area contributed by atoms with Crippen LogP contribution in [-0.2, 0) is 14.4 Å². The zero-order valence-corrected chi connectivity index (χ0v) is 12.0. The van der Waals surface area contributed by atoms with Gasteiger partial charge in [-0.25, -0.2) is 0 Å². The van der Waals surface area contributed by atoms with Crippen molar-refractivity contribution in [2.75, 3.05) is 0 Å². The van der Waals surface area contributed by atoms with Gasteiger partial charge in [-0.15, -0.1) is 0 Å². The Morgan fingerprint density at radius 1 is 1.37 bits per heavy atom. The molecule has 1 heterocycles. The zero-order valence-electron chi connectivity index (χ0n) is 12.0. The van der Waals surface area contributed by atoms with E-state index in [0.29, 0.717) is 12.3 Å². The summed E-state index contributed by atoms with van der Waals surface area (Å²) in [4.78, 5) is 36.7. The first-order valence-electron chi connectivity index (χ1n) is 6.65. The van der Waals surface area contributed by atoms with Gasteiger partial charge in [0.1, 0.15) is 6.04 Å². The SMILES string of the molecule is CC(C)C[C@H](N)C(=O)NC1CC(=O)N(C(C)C)C1=O. The number of hydrogen-bond acceptors (Lipinski definition) is 4. The minimum absolute atomic E-state index is 0.0250. The first-order chi connectivity index (χ1) is 8.73. The Balaban J connectivity index is 2.62. The van der Waals surface area contributed by atoms with Crippen molar-refractivity contribution in [3.8, 4) is 0 Å². The molecule has 6 heteroatoms. The molecule has 3 amide bonds. The highest BCUT2D eigenvalue weighted by atomic mass is 16.2. The Bertz CT molecular complexity index is 379. The fourth-order valence-electron chi connectivity index (χ4n) is 2.20. The highest BCUT2D eigenvalue weighted by molar-refractivity contribution is 6.07. The van der Waals surface area contributed by atoms with E-state index in [1.807, 2.05) is 13.8 Å². The second-order valence-electron chi connectivity index (χ2n) is 5.70. The van der Waals surface area contributed by atoms with Crippen LogP contribution in [0.1, 0.15) is 40.5 Å². The molecule has 0 aromatic rings. The number of nitrogens with two attached hydrogens (primary N) is 1. The van der Waals surface area contributed by atoms with Crippen LogP contribution in [0.25, 0.3) is 0 Å². The highest BCUT2D eigenvalue weighted by Crippen LogP contribution is 2.16. The lowest BCUT2D eigenvalue weighted by molar-refractivity contribution is -0.141. The lowest BCUT2D eigenvalue weighted by atomic mass is 10.0. The average molecular weight is 269 g/mol. The molecule has 1 aliphatic heterocycles. The van der Waals surface area contributed by atoms with Crippen molar-refractivity contribution in [2.24, 2.45) is 11.7 Å². The van der Waals surface area contributed by atoms with Gasteiger partial charge in [-0.1, -0.05) is 13.8 Å². The molecule has 0 aromatic carbocycles. The molecule has 1 unspecified atom stereocenters. The molecule has 6 nitrogen and oxygen atoms in total. The van der Waals surface area contributed by atoms with Gasteiger partial charge in [0.25, 0.3) is 5.91 Å². The fourth-order valence-corrected chi connectivity index (χ4v) is 2.20. The maximum atomic E-state index is 12.0. The van der Waals surface area contributed by atoms with Crippen molar-refractivity contribution < 1.29 is 14.4 Å². The number of imide groups is 1.